The van der Waals surface area contributed by atoms with Gasteiger partial charge in [0.2, 0.25) is 5.91 Å². The van der Waals surface area contributed by atoms with Crippen molar-refractivity contribution < 1.29 is 4.79 Å². The standard InChI is InChI=1S/C22H25N7O.HI/c1-23-22(25-15-20-27-26-16-29(20)18-6-3-2-4-7-18)24-14-17-9-11-19(12-10-17)28-13-5-8-21(28)30;/h2-4,6-7,9-12,16H,5,8,13-15H2,1H3,(H2,23,24,25);1H. The van der Waals surface area contributed by atoms with Crippen molar-refractivity contribution in [3.8, 4) is 5.69 Å². The number of aromatic nitrogens is 3. The van der Waals surface area contributed by atoms with Crippen molar-refractivity contribution in [2.24, 2.45) is 4.99 Å². The number of nitrogens with zero attached hydrogens (tertiary/aromatic N) is 5. The number of hydrogen-bond donors (Lipinski definition) is 2. The molecule has 0 saturated carbocycles. The van der Waals surface area contributed by atoms with E-state index >= 15 is 0 Å². The van der Waals surface area contributed by atoms with Crippen LogP contribution in [0.5, 0.6) is 0 Å². The van der Waals surface area contributed by atoms with Gasteiger partial charge in [-0.25, -0.2) is 0 Å². The highest BCUT2D eigenvalue weighted by molar-refractivity contribution is 14.0. The molecule has 2 aromatic carbocycles. The Hall–Kier alpha value is -2.95. The number of amides is 1. The van der Waals surface area contributed by atoms with Gasteiger partial charge in [0.05, 0.1) is 6.54 Å². The monoisotopic (exact) mass is 531 g/mol. The average molecular weight is 531 g/mol. The maximum Gasteiger partial charge on any atom is 0.227 e. The van der Waals surface area contributed by atoms with Crippen LogP contribution in [0.3, 0.4) is 0 Å². The van der Waals surface area contributed by atoms with E-state index in [9.17, 15) is 4.79 Å². The van der Waals surface area contributed by atoms with Gasteiger partial charge in [0.1, 0.15) is 6.33 Å². The smallest absolute Gasteiger partial charge is 0.227 e. The van der Waals surface area contributed by atoms with Crippen molar-refractivity contribution in [1.82, 2.24) is 25.4 Å². The summed E-state index contributed by atoms with van der Waals surface area (Å²) in [5.41, 5.74) is 3.09. The third-order valence-electron chi connectivity index (χ3n) is 5.07. The second-order valence-electron chi connectivity index (χ2n) is 7.05. The van der Waals surface area contributed by atoms with Crippen LogP contribution in [0, 0.1) is 0 Å². The minimum atomic E-state index is 0. The Morgan fingerprint density at radius 1 is 1.03 bits per heavy atom. The Morgan fingerprint density at radius 2 is 1.77 bits per heavy atom. The molecule has 0 bridgehead atoms. The molecule has 2 N–H and O–H groups in total. The molecular formula is C22H26IN7O. The first-order valence-electron chi connectivity index (χ1n) is 10.0. The summed E-state index contributed by atoms with van der Waals surface area (Å²) >= 11 is 0. The molecule has 8 nitrogen and oxygen atoms in total. The zero-order valence-corrected chi connectivity index (χ0v) is 19.7. The number of rotatable bonds is 6. The number of anilines is 1. The zero-order chi connectivity index (χ0) is 20.8. The van der Waals surface area contributed by atoms with Crippen molar-refractivity contribution in [2.75, 3.05) is 18.5 Å². The number of nitrogens with one attached hydrogen (secondary N) is 2. The van der Waals surface area contributed by atoms with Crippen LogP contribution in [-0.4, -0.2) is 40.2 Å². The van der Waals surface area contributed by atoms with Gasteiger partial charge in [0.25, 0.3) is 0 Å². The van der Waals surface area contributed by atoms with Crippen LogP contribution in [0.2, 0.25) is 0 Å². The van der Waals surface area contributed by atoms with Gasteiger partial charge < -0.3 is 15.5 Å². The van der Waals surface area contributed by atoms with Gasteiger partial charge in [-0.3, -0.25) is 14.4 Å². The summed E-state index contributed by atoms with van der Waals surface area (Å²) in [4.78, 5) is 18.0. The Bertz CT molecular complexity index is 1020. The molecule has 0 aliphatic carbocycles. The molecule has 2 heterocycles. The van der Waals surface area contributed by atoms with Gasteiger partial charge in [0.15, 0.2) is 11.8 Å². The Labute approximate surface area is 198 Å². The van der Waals surface area contributed by atoms with E-state index in [1.807, 2.05) is 64.1 Å². The van der Waals surface area contributed by atoms with E-state index in [1.165, 1.54) is 0 Å². The van der Waals surface area contributed by atoms with Gasteiger partial charge in [0, 0.05) is 37.9 Å². The first-order chi connectivity index (χ1) is 14.7. The predicted octanol–water partition coefficient (Wildman–Crippen LogP) is 2.88. The number of para-hydroxylation sites is 1. The molecule has 3 aromatic rings. The molecule has 9 heteroatoms. The van der Waals surface area contributed by atoms with E-state index in [4.69, 9.17) is 0 Å². The molecule has 31 heavy (non-hydrogen) atoms. The highest BCUT2D eigenvalue weighted by Gasteiger charge is 2.21. The third-order valence-corrected chi connectivity index (χ3v) is 5.07. The average Bonchev–Trinajstić information content (AvgIpc) is 3.44. The van der Waals surface area contributed by atoms with Crippen molar-refractivity contribution in [3.05, 3.63) is 72.3 Å². The molecule has 1 aliphatic heterocycles. The van der Waals surface area contributed by atoms with E-state index in [1.54, 1.807) is 13.4 Å². The van der Waals surface area contributed by atoms with Gasteiger partial charge in [-0.05, 0) is 36.2 Å². The molecule has 0 atom stereocenters. The van der Waals surface area contributed by atoms with Crippen LogP contribution in [0.1, 0.15) is 24.2 Å². The summed E-state index contributed by atoms with van der Waals surface area (Å²) in [7, 11) is 1.74. The summed E-state index contributed by atoms with van der Waals surface area (Å²) in [6.07, 6.45) is 3.28. The maximum atomic E-state index is 11.9. The lowest BCUT2D eigenvalue weighted by Gasteiger charge is -2.16. The number of guanidine groups is 1. The maximum absolute atomic E-state index is 11.9. The second-order valence-corrected chi connectivity index (χ2v) is 7.05. The van der Waals surface area contributed by atoms with E-state index in [2.05, 4.69) is 25.8 Å². The van der Waals surface area contributed by atoms with Gasteiger partial charge >= 0.3 is 0 Å². The minimum absolute atomic E-state index is 0. The van der Waals surface area contributed by atoms with E-state index < -0.39 is 0 Å². The first kappa shape index (κ1) is 22.7. The van der Waals surface area contributed by atoms with Gasteiger partial charge in [-0.2, -0.15) is 0 Å². The highest BCUT2D eigenvalue weighted by atomic mass is 127. The fraction of sp³-hybridized carbons (Fsp3) is 0.273. The number of hydrogen-bond acceptors (Lipinski definition) is 4. The number of aliphatic imine (C=N–C) groups is 1. The fourth-order valence-corrected chi connectivity index (χ4v) is 3.47. The summed E-state index contributed by atoms with van der Waals surface area (Å²) in [5, 5.41) is 14.8. The summed E-state index contributed by atoms with van der Waals surface area (Å²) in [6, 6.07) is 18.0. The number of carbonyl (C=O) groups is 1. The Morgan fingerprint density at radius 3 is 2.45 bits per heavy atom. The van der Waals surface area contributed by atoms with Crippen LogP contribution >= 0.6 is 24.0 Å². The van der Waals surface area contributed by atoms with Gasteiger partial charge in [-0.15, -0.1) is 34.2 Å². The van der Waals surface area contributed by atoms with E-state index in [0.29, 0.717) is 25.5 Å². The lowest BCUT2D eigenvalue weighted by Crippen LogP contribution is -2.37. The molecule has 0 spiro atoms. The Balaban J connectivity index is 0.00000272. The topological polar surface area (TPSA) is 87.4 Å². The van der Waals surface area contributed by atoms with E-state index in [-0.39, 0.29) is 29.9 Å². The summed E-state index contributed by atoms with van der Waals surface area (Å²) < 4.78 is 1.94. The molecule has 0 radical (unpaired) electrons. The van der Waals surface area contributed by atoms with Crippen LogP contribution in [0.25, 0.3) is 5.69 Å². The molecule has 4 rings (SSSR count). The van der Waals surface area contributed by atoms with Crippen molar-refractivity contribution >= 4 is 41.5 Å². The number of carbonyl (C=O) groups excluding carboxylic acids is 1. The molecule has 162 valence electrons. The summed E-state index contributed by atoms with van der Waals surface area (Å²) in [5.74, 6) is 1.68. The van der Waals surface area contributed by atoms with Crippen molar-refractivity contribution in [2.45, 2.75) is 25.9 Å². The molecule has 1 amide bonds. The molecule has 1 fully saturated rings. The minimum Gasteiger partial charge on any atom is -0.352 e. The SMILES string of the molecule is CN=C(NCc1ccc(N2CCCC2=O)cc1)NCc1nncn1-c1ccccc1.I. The van der Waals surface area contributed by atoms with Crippen LogP contribution in [-0.2, 0) is 17.9 Å². The quantitative estimate of drug-likeness (QED) is 0.290. The highest BCUT2D eigenvalue weighted by Crippen LogP contribution is 2.21. The Kier molecular flexibility index (Phi) is 7.99. The predicted molar refractivity (Wildman–Crippen MR) is 132 cm³/mol. The van der Waals surface area contributed by atoms with Crippen molar-refractivity contribution in [3.63, 3.8) is 0 Å². The first-order valence-corrected chi connectivity index (χ1v) is 10.0. The van der Waals surface area contributed by atoms with Crippen LogP contribution in [0.15, 0.2) is 65.9 Å². The lowest BCUT2D eigenvalue weighted by atomic mass is 10.2. The number of halogens is 1. The van der Waals surface area contributed by atoms with Gasteiger partial charge in [-0.1, -0.05) is 30.3 Å². The lowest BCUT2D eigenvalue weighted by molar-refractivity contribution is -0.117. The normalized spacial score (nSPS) is 13.8. The molecular weight excluding hydrogens is 505 g/mol. The van der Waals surface area contributed by atoms with Crippen molar-refractivity contribution in [1.29, 1.82) is 0 Å². The molecule has 1 aromatic heterocycles. The third kappa shape index (κ3) is 5.60. The van der Waals surface area contributed by atoms with E-state index in [0.717, 1.165) is 35.7 Å². The largest absolute Gasteiger partial charge is 0.352 e. The van der Waals surface area contributed by atoms with Crippen LogP contribution in [0.4, 0.5) is 5.69 Å². The molecule has 1 aliphatic rings. The summed E-state index contributed by atoms with van der Waals surface area (Å²) in [6.45, 7) is 1.92. The number of benzene rings is 2. The second kappa shape index (κ2) is 10.9. The van der Waals surface area contributed by atoms with Crippen LogP contribution < -0.4 is 15.5 Å². The fourth-order valence-electron chi connectivity index (χ4n) is 3.47. The zero-order valence-electron chi connectivity index (χ0n) is 17.4. The molecule has 0 unspecified atom stereocenters. The molecule has 1 saturated heterocycles.